The first-order valence-electron chi connectivity index (χ1n) is 8.76. The molecule has 0 spiro atoms. The Morgan fingerprint density at radius 2 is 1.82 bits per heavy atom. The normalized spacial score (nSPS) is 13.7. The van der Waals surface area contributed by atoms with Crippen molar-refractivity contribution in [3.05, 3.63) is 53.1 Å². The van der Waals surface area contributed by atoms with Crippen LogP contribution in [0.25, 0.3) is 11.1 Å². The molecule has 3 rings (SSSR count). The summed E-state index contributed by atoms with van der Waals surface area (Å²) in [6.45, 7) is 2.28. The van der Waals surface area contributed by atoms with Gasteiger partial charge in [0, 0.05) is 18.3 Å². The average molecular weight is 293 g/mol. The zero-order valence-electron chi connectivity index (χ0n) is 13.9. The molecule has 0 aliphatic heterocycles. The summed E-state index contributed by atoms with van der Waals surface area (Å²) in [5, 5.41) is 3.54. The first-order valence-corrected chi connectivity index (χ1v) is 8.76. The second kappa shape index (κ2) is 7.00. The van der Waals surface area contributed by atoms with Gasteiger partial charge in [0.05, 0.1) is 0 Å². The van der Waals surface area contributed by atoms with E-state index in [0.29, 0.717) is 0 Å². The van der Waals surface area contributed by atoms with Gasteiger partial charge in [-0.25, -0.2) is 0 Å². The third kappa shape index (κ3) is 2.90. The number of fused-ring (bicyclic) bond motifs is 1. The van der Waals surface area contributed by atoms with Gasteiger partial charge in [0.1, 0.15) is 0 Å². The molecule has 1 N–H and O–H groups in total. The third-order valence-corrected chi connectivity index (χ3v) is 4.84. The largest absolute Gasteiger partial charge is 0.387 e. The van der Waals surface area contributed by atoms with E-state index in [1.807, 2.05) is 0 Å². The highest BCUT2D eigenvalue weighted by atomic mass is 14.8. The van der Waals surface area contributed by atoms with E-state index in [1.54, 1.807) is 11.1 Å². The van der Waals surface area contributed by atoms with Gasteiger partial charge >= 0.3 is 0 Å². The molecule has 0 radical (unpaired) electrons. The topological polar surface area (TPSA) is 12.0 Å². The van der Waals surface area contributed by atoms with Crippen molar-refractivity contribution in [3.63, 3.8) is 0 Å². The average Bonchev–Trinajstić information content (AvgIpc) is 2.59. The summed E-state index contributed by atoms with van der Waals surface area (Å²) < 4.78 is 0. The smallest absolute Gasteiger partial charge is 0.0455 e. The molecule has 0 bridgehead atoms. The molecule has 1 aliphatic carbocycles. The highest BCUT2D eigenvalue weighted by Crippen LogP contribution is 2.40. The number of hydrogen-bond acceptors (Lipinski definition) is 1. The summed E-state index contributed by atoms with van der Waals surface area (Å²) in [6.07, 6.45) is 8.83. The van der Waals surface area contributed by atoms with Crippen LogP contribution in [0.3, 0.4) is 0 Å². The van der Waals surface area contributed by atoms with Crippen LogP contribution in [0.5, 0.6) is 0 Å². The molecule has 0 atom stereocenters. The van der Waals surface area contributed by atoms with Crippen LogP contribution >= 0.6 is 0 Å². The Bertz CT molecular complexity index is 628. The van der Waals surface area contributed by atoms with Gasteiger partial charge in [-0.3, -0.25) is 0 Å². The van der Waals surface area contributed by atoms with E-state index >= 15 is 0 Å². The number of aryl methyl sites for hydroxylation is 2. The summed E-state index contributed by atoms with van der Waals surface area (Å²) in [7, 11) is 2.08. The Labute approximate surface area is 134 Å². The molecule has 0 aromatic heterocycles. The van der Waals surface area contributed by atoms with Crippen molar-refractivity contribution in [1.29, 1.82) is 0 Å². The van der Waals surface area contributed by atoms with Crippen molar-refractivity contribution in [1.82, 2.24) is 0 Å². The molecule has 2 aromatic carbocycles. The maximum atomic E-state index is 3.54. The summed E-state index contributed by atoms with van der Waals surface area (Å²) in [5.41, 5.74) is 8.85. The molecule has 0 unspecified atom stereocenters. The second-order valence-corrected chi connectivity index (χ2v) is 6.35. The molecule has 116 valence electrons. The molecule has 0 fully saturated rings. The number of benzene rings is 2. The molecule has 1 nitrogen and oxygen atoms in total. The second-order valence-electron chi connectivity index (χ2n) is 6.35. The Kier molecular flexibility index (Phi) is 4.82. The first-order chi connectivity index (χ1) is 10.8. The molecule has 1 aliphatic rings. The van der Waals surface area contributed by atoms with Gasteiger partial charge in [-0.05, 0) is 60.8 Å². The molecule has 1 heteroatoms. The lowest BCUT2D eigenvalue weighted by atomic mass is 9.83. The number of anilines is 1. The Balaban J connectivity index is 2.19. The van der Waals surface area contributed by atoms with E-state index in [1.165, 1.54) is 67.3 Å². The van der Waals surface area contributed by atoms with Crippen molar-refractivity contribution in [2.24, 2.45) is 0 Å². The van der Waals surface area contributed by atoms with E-state index in [0.717, 1.165) is 0 Å². The fourth-order valence-electron chi connectivity index (χ4n) is 3.74. The predicted molar refractivity (Wildman–Crippen MR) is 96.7 cm³/mol. The van der Waals surface area contributed by atoms with Gasteiger partial charge in [-0.15, -0.1) is 0 Å². The molecular weight excluding hydrogens is 266 g/mol. The fraction of sp³-hybridized carbons (Fsp3) is 0.429. The van der Waals surface area contributed by atoms with Gasteiger partial charge in [0.25, 0.3) is 0 Å². The summed E-state index contributed by atoms with van der Waals surface area (Å²) >= 11 is 0. The van der Waals surface area contributed by atoms with Crippen LogP contribution < -0.4 is 5.32 Å². The van der Waals surface area contributed by atoms with E-state index in [4.69, 9.17) is 0 Å². The van der Waals surface area contributed by atoms with Crippen LogP contribution in [0.15, 0.2) is 36.4 Å². The Morgan fingerprint density at radius 3 is 2.55 bits per heavy atom. The molecule has 0 amide bonds. The first kappa shape index (κ1) is 15.1. The maximum absolute atomic E-state index is 3.54. The molecule has 0 heterocycles. The van der Waals surface area contributed by atoms with Crippen molar-refractivity contribution >= 4 is 5.69 Å². The number of hydrogen-bond donors (Lipinski definition) is 1. The minimum Gasteiger partial charge on any atom is -0.387 e. The van der Waals surface area contributed by atoms with Crippen LogP contribution in [0.4, 0.5) is 5.69 Å². The van der Waals surface area contributed by atoms with Gasteiger partial charge < -0.3 is 5.32 Å². The highest BCUT2D eigenvalue weighted by Gasteiger charge is 2.20. The zero-order valence-corrected chi connectivity index (χ0v) is 13.9. The van der Waals surface area contributed by atoms with E-state index < -0.39 is 0 Å². The van der Waals surface area contributed by atoms with Crippen LogP contribution in [-0.2, 0) is 19.3 Å². The van der Waals surface area contributed by atoms with Gasteiger partial charge in [0.15, 0.2) is 0 Å². The van der Waals surface area contributed by atoms with E-state index in [-0.39, 0.29) is 0 Å². The summed E-state index contributed by atoms with van der Waals surface area (Å²) in [5.74, 6) is 0. The third-order valence-electron chi connectivity index (χ3n) is 4.84. The van der Waals surface area contributed by atoms with Crippen LogP contribution in [0.1, 0.15) is 49.3 Å². The van der Waals surface area contributed by atoms with Crippen LogP contribution in [0, 0.1) is 0 Å². The summed E-state index contributed by atoms with van der Waals surface area (Å²) in [6, 6.07) is 13.4. The molecular formula is C21H27N. The number of unbranched alkanes of at least 4 members (excludes halogenated alkanes) is 1. The van der Waals surface area contributed by atoms with Gasteiger partial charge in [0.2, 0.25) is 0 Å². The highest BCUT2D eigenvalue weighted by molar-refractivity contribution is 5.84. The molecule has 0 saturated carbocycles. The van der Waals surface area contributed by atoms with Gasteiger partial charge in [-0.2, -0.15) is 0 Å². The maximum Gasteiger partial charge on any atom is 0.0455 e. The molecule has 0 saturated heterocycles. The lowest BCUT2D eigenvalue weighted by Crippen LogP contribution is -2.10. The Hall–Kier alpha value is -1.76. The minimum absolute atomic E-state index is 1.18. The number of nitrogens with one attached hydrogen (secondary N) is 1. The van der Waals surface area contributed by atoms with Crippen molar-refractivity contribution in [2.45, 2.75) is 51.9 Å². The van der Waals surface area contributed by atoms with Crippen molar-refractivity contribution in [2.75, 3.05) is 12.4 Å². The monoisotopic (exact) mass is 293 g/mol. The minimum atomic E-state index is 1.18. The standard InChI is InChI=1S/C21H27N/c1-3-4-10-18-15-17-13-8-9-14-19(17)21(22-2)20(18)16-11-6-5-7-12-16/h5-7,11-12,15,22H,3-4,8-10,13-14H2,1-2H3. The lowest BCUT2D eigenvalue weighted by molar-refractivity contribution is 0.684. The van der Waals surface area contributed by atoms with Crippen LogP contribution in [-0.4, -0.2) is 7.05 Å². The Morgan fingerprint density at radius 1 is 1.05 bits per heavy atom. The van der Waals surface area contributed by atoms with Crippen LogP contribution in [0.2, 0.25) is 0 Å². The molecule has 22 heavy (non-hydrogen) atoms. The van der Waals surface area contributed by atoms with Crippen molar-refractivity contribution in [3.8, 4) is 11.1 Å². The van der Waals surface area contributed by atoms with Gasteiger partial charge in [-0.1, -0.05) is 49.7 Å². The number of rotatable bonds is 5. The lowest BCUT2D eigenvalue weighted by Gasteiger charge is -2.25. The fourth-order valence-corrected chi connectivity index (χ4v) is 3.74. The van der Waals surface area contributed by atoms with E-state index in [2.05, 4.69) is 55.7 Å². The predicted octanol–water partition coefficient (Wildman–Crippen LogP) is 5.62. The SMILES string of the molecule is CCCCc1cc2c(c(NC)c1-c1ccccc1)CCCC2. The van der Waals surface area contributed by atoms with Crippen molar-refractivity contribution < 1.29 is 0 Å². The summed E-state index contributed by atoms with van der Waals surface area (Å²) in [4.78, 5) is 0. The zero-order chi connectivity index (χ0) is 15.4. The molecule has 2 aromatic rings. The quantitative estimate of drug-likeness (QED) is 0.754. The van der Waals surface area contributed by atoms with E-state index in [9.17, 15) is 0 Å².